The quantitative estimate of drug-likeness (QED) is 0.896. The van der Waals surface area contributed by atoms with Gasteiger partial charge in [-0.3, -0.25) is 0 Å². The van der Waals surface area contributed by atoms with Gasteiger partial charge in [-0.25, -0.2) is 4.79 Å². The molecule has 21 heavy (non-hydrogen) atoms. The zero-order valence-electron chi connectivity index (χ0n) is 12.1. The number of nitrogens with zero attached hydrogens (tertiary/aromatic N) is 1. The van der Waals surface area contributed by atoms with Crippen molar-refractivity contribution in [3.8, 4) is 6.07 Å². The van der Waals surface area contributed by atoms with Crippen LogP contribution in [0.4, 0.5) is 0 Å². The second-order valence-corrected chi connectivity index (χ2v) is 5.68. The van der Waals surface area contributed by atoms with E-state index < -0.39 is 5.97 Å². The first-order chi connectivity index (χ1) is 9.99. The number of aliphatic carboxylic acids is 1. The molecule has 1 aliphatic heterocycles. The van der Waals surface area contributed by atoms with Crippen LogP contribution in [0.3, 0.4) is 0 Å². The molecule has 0 saturated heterocycles. The van der Waals surface area contributed by atoms with Crippen LogP contribution < -0.4 is 5.32 Å². The lowest BCUT2D eigenvalue weighted by Crippen LogP contribution is -2.27. The van der Waals surface area contributed by atoms with Crippen molar-refractivity contribution in [1.29, 1.82) is 5.26 Å². The predicted molar refractivity (Wildman–Crippen MR) is 83.6 cm³/mol. The smallest absolute Gasteiger partial charge is 0.334 e. The molecule has 0 spiro atoms. The van der Waals surface area contributed by atoms with Crippen molar-refractivity contribution in [3.63, 3.8) is 0 Å². The molecule has 0 aliphatic carbocycles. The van der Waals surface area contributed by atoms with Crippen molar-refractivity contribution in [2.24, 2.45) is 0 Å². The molecule has 0 aromatic heterocycles. The first kappa shape index (κ1) is 15.2. The average Bonchev–Trinajstić information content (AvgIpc) is 2.46. The highest BCUT2D eigenvalue weighted by Crippen LogP contribution is 2.42. The third-order valence-electron chi connectivity index (χ3n) is 3.50. The average molecular weight is 300 g/mol. The molecule has 0 bridgehead atoms. The summed E-state index contributed by atoms with van der Waals surface area (Å²) in [6, 6.07) is 9.24. The molecule has 1 heterocycles. The Hall–Kier alpha value is -2.19. The van der Waals surface area contributed by atoms with Crippen molar-refractivity contribution in [3.05, 3.63) is 57.3 Å². The van der Waals surface area contributed by atoms with Gasteiger partial charge >= 0.3 is 5.97 Å². The summed E-state index contributed by atoms with van der Waals surface area (Å²) in [7, 11) is 0. The Bertz CT molecular complexity index is 698. The van der Waals surface area contributed by atoms with Gasteiger partial charge in [0.25, 0.3) is 0 Å². The lowest BCUT2D eigenvalue weighted by Gasteiger charge is -2.30. The van der Waals surface area contributed by atoms with E-state index >= 15 is 0 Å². The van der Waals surface area contributed by atoms with Crippen LogP contribution in [-0.4, -0.2) is 17.3 Å². The van der Waals surface area contributed by atoms with Crippen LogP contribution in [0.2, 0.25) is 0 Å². The van der Waals surface area contributed by atoms with Gasteiger partial charge < -0.3 is 10.4 Å². The summed E-state index contributed by atoms with van der Waals surface area (Å²) in [5.74, 6) is -1.28. The summed E-state index contributed by atoms with van der Waals surface area (Å²) in [5, 5.41) is 21.8. The monoisotopic (exact) mass is 300 g/mol. The lowest BCUT2D eigenvalue weighted by molar-refractivity contribution is -0.133. The van der Waals surface area contributed by atoms with E-state index in [9.17, 15) is 9.90 Å². The fourth-order valence-corrected chi connectivity index (χ4v) is 3.48. The van der Waals surface area contributed by atoms with Gasteiger partial charge in [0.15, 0.2) is 0 Å². The van der Waals surface area contributed by atoms with Gasteiger partial charge in [-0.05, 0) is 37.8 Å². The largest absolute Gasteiger partial charge is 0.478 e. The second kappa shape index (κ2) is 6.06. The number of rotatable bonds is 3. The fourth-order valence-electron chi connectivity index (χ4n) is 2.63. The maximum absolute atomic E-state index is 11.7. The van der Waals surface area contributed by atoms with Gasteiger partial charge in [0.1, 0.15) is 0 Å². The van der Waals surface area contributed by atoms with E-state index in [1.54, 1.807) is 25.1 Å². The van der Waals surface area contributed by atoms with Gasteiger partial charge in [0, 0.05) is 16.3 Å². The highest BCUT2D eigenvalue weighted by molar-refractivity contribution is 8.02. The highest BCUT2D eigenvalue weighted by Gasteiger charge is 2.32. The molecule has 108 valence electrons. The third-order valence-corrected chi connectivity index (χ3v) is 4.48. The lowest BCUT2D eigenvalue weighted by atomic mass is 9.86. The van der Waals surface area contributed by atoms with E-state index in [1.165, 1.54) is 11.8 Å². The van der Waals surface area contributed by atoms with E-state index in [0.717, 1.165) is 16.2 Å². The Morgan fingerprint density at radius 1 is 1.38 bits per heavy atom. The van der Waals surface area contributed by atoms with Crippen LogP contribution in [0, 0.1) is 11.3 Å². The van der Waals surface area contributed by atoms with Crippen LogP contribution >= 0.6 is 11.8 Å². The Balaban J connectivity index is 2.65. The molecule has 0 amide bonds. The summed E-state index contributed by atoms with van der Waals surface area (Å²) in [6.45, 7) is 3.71. The Labute approximate surface area is 128 Å². The zero-order chi connectivity index (χ0) is 15.6. The molecule has 1 aliphatic rings. The zero-order valence-corrected chi connectivity index (χ0v) is 12.9. The number of thioether (sulfide) groups is 1. The van der Waals surface area contributed by atoms with Gasteiger partial charge in [-0.1, -0.05) is 12.1 Å². The van der Waals surface area contributed by atoms with Crippen molar-refractivity contribution >= 4 is 17.7 Å². The number of hydrogen-bond donors (Lipinski definition) is 2. The third kappa shape index (κ3) is 2.81. The Kier molecular flexibility index (Phi) is 4.39. The molecule has 1 atom stereocenters. The number of benzene rings is 1. The molecule has 1 aromatic carbocycles. The molecule has 2 rings (SSSR count). The summed E-state index contributed by atoms with van der Waals surface area (Å²) in [5.41, 5.74) is 3.30. The number of nitriles is 1. The minimum Gasteiger partial charge on any atom is -0.478 e. The first-order valence-corrected chi connectivity index (χ1v) is 7.68. The van der Waals surface area contributed by atoms with Gasteiger partial charge in [-0.2, -0.15) is 5.26 Å². The summed E-state index contributed by atoms with van der Waals surface area (Å²) in [4.78, 5) is 12.6. The van der Waals surface area contributed by atoms with Crippen LogP contribution in [0.1, 0.15) is 30.9 Å². The van der Waals surface area contributed by atoms with Crippen LogP contribution in [0.15, 0.2) is 46.1 Å². The standard InChI is InChI=1S/C16H16N2O2S/c1-9-13(16(19)20)14(15(21-3)10(2)18-9)12-6-4-5-11(7-12)8-17/h4-7,14,18H,1-3H3,(H,19,20). The SMILES string of the molecule is CSC1=C(C)NC(C)=C(C(=O)O)C1c1cccc(C#N)c1. The van der Waals surface area contributed by atoms with Crippen molar-refractivity contribution < 1.29 is 9.90 Å². The fraction of sp³-hybridized carbons (Fsp3) is 0.250. The normalized spacial score (nSPS) is 18.3. The number of dihydropyridines is 1. The molecule has 0 fully saturated rings. The number of hydrogen-bond acceptors (Lipinski definition) is 4. The maximum atomic E-state index is 11.7. The van der Waals surface area contributed by atoms with E-state index in [4.69, 9.17) is 5.26 Å². The molecule has 4 nitrogen and oxygen atoms in total. The van der Waals surface area contributed by atoms with Crippen LogP contribution in [-0.2, 0) is 4.79 Å². The van der Waals surface area contributed by atoms with Gasteiger partial charge in [0.05, 0.1) is 23.1 Å². The van der Waals surface area contributed by atoms with Gasteiger partial charge in [0.2, 0.25) is 0 Å². The number of allylic oxidation sites excluding steroid dienone is 3. The molecule has 0 radical (unpaired) electrons. The van der Waals surface area contributed by atoms with Crippen LogP contribution in [0.25, 0.3) is 0 Å². The highest BCUT2D eigenvalue weighted by atomic mass is 32.2. The summed E-state index contributed by atoms with van der Waals surface area (Å²) >= 11 is 1.53. The number of carboxylic acids is 1. The molecule has 0 saturated carbocycles. The van der Waals surface area contributed by atoms with E-state index in [2.05, 4.69) is 11.4 Å². The molecular formula is C16H16N2O2S. The van der Waals surface area contributed by atoms with E-state index in [-0.39, 0.29) is 5.92 Å². The topological polar surface area (TPSA) is 73.1 Å². The predicted octanol–water partition coefficient (Wildman–Crippen LogP) is 3.20. The van der Waals surface area contributed by atoms with E-state index in [0.29, 0.717) is 16.8 Å². The number of carbonyl (C=O) groups is 1. The summed E-state index contributed by atoms with van der Waals surface area (Å²) < 4.78 is 0. The molecule has 1 aromatic rings. The van der Waals surface area contributed by atoms with Crippen molar-refractivity contribution in [2.75, 3.05) is 6.26 Å². The van der Waals surface area contributed by atoms with Crippen molar-refractivity contribution in [2.45, 2.75) is 19.8 Å². The number of carboxylic acid groups (broad SMARTS) is 1. The summed E-state index contributed by atoms with van der Waals surface area (Å²) in [6.07, 6.45) is 1.93. The second-order valence-electron chi connectivity index (χ2n) is 4.83. The molecule has 1 unspecified atom stereocenters. The Morgan fingerprint density at radius 3 is 2.67 bits per heavy atom. The molecular weight excluding hydrogens is 284 g/mol. The van der Waals surface area contributed by atoms with Crippen molar-refractivity contribution in [1.82, 2.24) is 5.32 Å². The molecule has 2 N–H and O–H groups in total. The number of nitrogens with one attached hydrogen (secondary N) is 1. The maximum Gasteiger partial charge on any atom is 0.334 e. The molecule has 5 heteroatoms. The van der Waals surface area contributed by atoms with Crippen LogP contribution in [0.5, 0.6) is 0 Å². The first-order valence-electron chi connectivity index (χ1n) is 6.45. The minimum absolute atomic E-state index is 0.333. The Morgan fingerprint density at radius 2 is 2.10 bits per heavy atom. The minimum atomic E-state index is -0.939. The van der Waals surface area contributed by atoms with Gasteiger partial charge in [-0.15, -0.1) is 11.8 Å². The van der Waals surface area contributed by atoms with E-state index in [1.807, 2.05) is 19.2 Å².